The quantitative estimate of drug-likeness (QED) is 0.837. The van der Waals surface area contributed by atoms with Crippen LogP contribution in [-0.2, 0) is 9.84 Å². The molecule has 0 amide bonds. The van der Waals surface area contributed by atoms with Gasteiger partial charge in [-0.1, -0.05) is 7.43 Å². The molecular weight excluding hydrogens is 363 g/mol. The number of carboxylic acids is 2. The van der Waals surface area contributed by atoms with Crippen molar-refractivity contribution in [1.82, 2.24) is 0 Å². The molecule has 2 N–H and O–H groups in total. The van der Waals surface area contributed by atoms with Gasteiger partial charge in [-0.25, -0.2) is 22.4 Å². The molecule has 0 radical (unpaired) electrons. The van der Waals surface area contributed by atoms with E-state index in [1.165, 1.54) is 37.3 Å². The summed E-state index contributed by atoms with van der Waals surface area (Å²) in [5, 5.41) is 17.1. The molecule has 0 heterocycles. The first-order chi connectivity index (χ1) is 11.4. The van der Waals surface area contributed by atoms with Crippen LogP contribution < -0.4 is 0 Å². The zero-order valence-corrected chi connectivity index (χ0v) is 14.6. The Morgan fingerprint density at radius 2 is 1.31 bits per heavy atom. The molecule has 142 valence electrons. The number of aromatic carboxylic acids is 2. The lowest BCUT2D eigenvalue weighted by Gasteiger charge is -2.03. The number of benzene rings is 2. The van der Waals surface area contributed by atoms with Crippen LogP contribution in [0.5, 0.6) is 0 Å². The topological polar surface area (TPSA) is 109 Å². The van der Waals surface area contributed by atoms with E-state index < -0.39 is 21.8 Å². The van der Waals surface area contributed by atoms with Crippen LogP contribution in [0, 0.1) is 19.7 Å². The fraction of sp³-hybridized carbons (Fsp3) is 0.222. The predicted octanol–water partition coefficient (Wildman–Crippen LogP) is 3.57. The van der Waals surface area contributed by atoms with Crippen LogP contribution in [0.1, 0.15) is 39.3 Å². The minimum Gasteiger partial charge on any atom is -0.478 e. The largest absolute Gasteiger partial charge is 0.478 e. The van der Waals surface area contributed by atoms with E-state index >= 15 is 0 Å². The van der Waals surface area contributed by atoms with Crippen LogP contribution in [0.25, 0.3) is 0 Å². The highest BCUT2D eigenvalue weighted by Gasteiger charge is 2.12. The summed E-state index contributed by atoms with van der Waals surface area (Å²) >= 11 is 0. The third-order valence-electron chi connectivity index (χ3n) is 3.23. The van der Waals surface area contributed by atoms with Crippen LogP contribution in [-0.4, -0.2) is 36.8 Å². The van der Waals surface area contributed by atoms with Crippen LogP contribution in [0.3, 0.4) is 0 Å². The van der Waals surface area contributed by atoms with Crippen LogP contribution in [0.15, 0.2) is 41.3 Å². The van der Waals surface area contributed by atoms with E-state index in [2.05, 4.69) is 0 Å². The molecule has 0 atom stereocenters. The SMILES string of the molecule is C.Cc1cc(C(=O)O)ccc1F.Cc1cc(C(=O)O)ccc1S(C)(=O)=O. The van der Waals surface area contributed by atoms with Gasteiger partial charge >= 0.3 is 11.9 Å². The van der Waals surface area contributed by atoms with Gasteiger partial charge in [0.05, 0.1) is 16.0 Å². The molecule has 0 unspecified atom stereocenters. The highest BCUT2D eigenvalue weighted by Crippen LogP contribution is 2.16. The van der Waals surface area contributed by atoms with Gasteiger partial charge in [-0.05, 0) is 61.4 Å². The lowest BCUT2D eigenvalue weighted by Crippen LogP contribution is -2.03. The summed E-state index contributed by atoms with van der Waals surface area (Å²) < 4.78 is 34.9. The maximum absolute atomic E-state index is 12.6. The highest BCUT2D eigenvalue weighted by molar-refractivity contribution is 7.90. The van der Waals surface area contributed by atoms with Crippen molar-refractivity contribution in [3.63, 3.8) is 0 Å². The average molecular weight is 384 g/mol. The van der Waals surface area contributed by atoms with Crippen LogP contribution in [0.2, 0.25) is 0 Å². The second-order valence-corrected chi connectivity index (χ2v) is 7.31. The summed E-state index contributed by atoms with van der Waals surface area (Å²) in [6.45, 7) is 3.10. The number of halogens is 1. The molecule has 0 aromatic heterocycles. The molecule has 0 aliphatic rings. The maximum Gasteiger partial charge on any atom is 0.335 e. The summed E-state index contributed by atoms with van der Waals surface area (Å²) in [6, 6.07) is 7.64. The van der Waals surface area contributed by atoms with Gasteiger partial charge in [0.25, 0.3) is 0 Å². The van der Waals surface area contributed by atoms with E-state index in [-0.39, 0.29) is 29.3 Å². The maximum atomic E-state index is 12.6. The van der Waals surface area contributed by atoms with Gasteiger partial charge in [0.1, 0.15) is 5.82 Å². The summed E-state index contributed by atoms with van der Waals surface area (Å²) in [7, 11) is -3.27. The molecule has 0 aliphatic carbocycles. The molecule has 8 heteroatoms. The standard InChI is InChI=1S/C9H10O4S.C8H7FO2.CH4/c1-6-5-7(9(10)11)3-4-8(6)14(2,12)13;1-5-4-6(8(10)11)2-3-7(5)9;/h3-5H,1-2H3,(H,10,11);2-4H,1H3,(H,10,11);1H4. The Labute approximate surface area is 151 Å². The van der Waals surface area contributed by atoms with Crippen molar-refractivity contribution in [2.75, 3.05) is 6.26 Å². The molecule has 0 saturated heterocycles. The Hall–Kier alpha value is -2.74. The second-order valence-electron chi connectivity index (χ2n) is 5.33. The molecule has 2 aromatic rings. The Morgan fingerprint density at radius 1 is 0.885 bits per heavy atom. The third-order valence-corrected chi connectivity index (χ3v) is 4.48. The van der Waals surface area contributed by atoms with Gasteiger partial charge in [0.15, 0.2) is 9.84 Å². The molecule has 0 bridgehead atoms. The smallest absolute Gasteiger partial charge is 0.335 e. The first-order valence-electron chi connectivity index (χ1n) is 6.97. The zero-order chi connectivity index (χ0) is 19.4. The summed E-state index contributed by atoms with van der Waals surface area (Å²) in [6.07, 6.45) is 1.09. The summed E-state index contributed by atoms with van der Waals surface area (Å²) in [4.78, 5) is 21.1. The molecule has 0 spiro atoms. The molecule has 6 nitrogen and oxygen atoms in total. The van der Waals surface area contributed by atoms with Crippen LogP contribution in [0.4, 0.5) is 4.39 Å². The van der Waals surface area contributed by atoms with Crippen molar-refractivity contribution < 1.29 is 32.6 Å². The zero-order valence-electron chi connectivity index (χ0n) is 13.8. The number of sulfone groups is 1. The van der Waals surface area contributed by atoms with Crippen molar-refractivity contribution in [1.29, 1.82) is 0 Å². The average Bonchev–Trinajstić information content (AvgIpc) is 2.49. The van der Waals surface area contributed by atoms with Crippen molar-refractivity contribution in [2.24, 2.45) is 0 Å². The van der Waals surface area contributed by atoms with Crippen molar-refractivity contribution in [3.8, 4) is 0 Å². The Bertz CT molecular complexity index is 919. The lowest BCUT2D eigenvalue weighted by molar-refractivity contribution is 0.0686. The van der Waals surface area contributed by atoms with Gasteiger partial charge in [0, 0.05) is 6.26 Å². The Balaban J connectivity index is 0.000000475. The number of aryl methyl sites for hydroxylation is 2. The molecular formula is C18H21FO6S. The summed E-state index contributed by atoms with van der Waals surface area (Å²) in [5.41, 5.74) is 1.01. The van der Waals surface area contributed by atoms with E-state index in [0.29, 0.717) is 11.1 Å². The molecule has 0 aliphatic heterocycles. The highest BCUT2D eigenvalue weighted by atomic mass is 32.2. The molecule has 26 heavy (non-hydrogen) atoms. The first-order valence-corrected chi connectivity index (χ1v) is 8.86. The Morgan fingerprint density at radius 3 is 1.65 bits per heavy atom. The fourth-order valence-corrected chi connectivity index (χ4v) is 2.94. The van der Waals surface area contributed by atoms with E-state index in [1.807, 2.05) is 0 Å². The van der Waals surface area contributed by atoms with E-state index in [4.69, 9.17) is 10.2 Å². The van der Waals surface area contributed by atoms with E-state index in [9.17, 15) is 22.4 Å². The van der Waals surface area contributed by atoms with Gasteiger partial charge in [0.2, 0.25) is 0 Å². The monoisotopic (exact) mass is 384 g/mol. The number of hydrogen-bond donors (Lipinski definition) is 2. The molecule has 2 rings (SSSR count). The molecule has 2 aromatic carbocycles. The lowest BCUT2D eigenvalue weighted by atomic mass is 10.1. The minimum absolute atomic E-state index is 0. The first kappa shape index (κ1) is 23.3. The van der Waals surface area contributed by atoms with E-state index in [0.717, 1.165) is 12.3 Å². The van der Waals surface area contributed by atoms with E-state index in [1.54, 1.807) is 6.92 Å². The van der Waals surface area contributed by atoms with Gasteiger partial charge in [-0.2, -0.15) is 0 Å². The van der Waals surface area contributed by atoms with Crippen LogP contribution >= 0.6 is 0 Å². The number of carbonyl (C=O) groups is 2. The van der Waals surface area contributed by atoms with Crippen molar-refractivity contribution in [3.05, 3.63) is 64.5 Å². The second kappa shape index (κ2) is 9.10. The third kappa shape index (κ3) is 6.29. The van der Waals surface area contributed by atoms with Crippen molar-refractivity contribution >= 4 is 21.8 Å². The normalized spacial score (nSPS) is 10.2. The Kier molecular flexibility index (Phi) is 8.14. The minimum atomic E-state index is -3.27. The van der Waals surface area contributed by atoms with Gasteiger partial charge < -0.3 is 10.2 Å². The van der Waals surface area contributed by atoms with Crippen molar-refractivity contribution in [2.45, 2.75) is 26.2 Å². The number of rotatable bonds is 3. The van der Waals surface area contributed by atoms with Gasteiger partial charge in [-0.15, -0.1) is 0 Å². The summed E-state index contributed by atoms with van der Waals surface area (Å²) in [5.74, 6) is -2.48. The molecule has 0 fully saturated rings. The van der Waals surface area contributed by atoms with Gasteiger partial charge in [-0.3, -0.25) is 0 Å². The number of carboxylic acid groups (broad SMARTS) is 2. The number of hydrogen-bond acceptors (Lipinski definition) is 4. The predicted molar refractivity (Wildman–Crippen MR) is 96.1 cm³/mol. The molecule has 0 saturated carbocycles. The fourth-order valence-electron chi connectivity index (χ4n) is 1.98.